The Morgan fingerprint density at radius 1 is 1.10 bits per heavy atom. The Morgan fingerprint density at radius 2 is 1.90 bits per heavy atom. The summed E-state index contributed by atoms with van der Waals surface area (Å²) in [6, 6.07) is 12.1. The predicted octanol–water partition coefficient (Wildman–Crippen LogP) is 4.30. The van der Waals surface area contributed by atoms with E-state index in [4.69, 9.17) is 0 Å². The molecule has 0 bridgehead atoms. The quantitative estimate of drug-likeness (QED) is 0.863. The van der Waals surface area contributed by atoms with Gasteiger partial charge >= 0.3 is 0 Å². The van der Waals surface area contributed by atoms with E-state index in [9.17, 15) is 0 Å². The fourth-order valence-corrected chi connectivity index (χ4v) is 4.12. The molecule has 1 aliphatic rings. The van der Waals surface area contributed by atoms with Crippen LogP contribution in [0.4, 0.5) is 0 Å². The highest BCUT2D eigenvalue weighted by Gasteiger charge is 2.16. The van der Waals surface area contributed by atoms with Crippen LogP contribution in [0.2, 0.25) is 0 Å². The number of benzene rings is 1. The zero-order valence-electron chi connectivity index (χ0n) is 12.4. The van der Waals surface area contributed by atoms with Crippen molar-refractivity contribution in [1.29, 1.82) is 0 Å². The summed E-state index contributed by atoms with van der Waals surface area (Å²) in [6.45, 7) is 2.23. The largest absolute Gasteiger partial charge is 0.313 e. The van der Waals surface area contributed by atoms with E-state index in [0.29, 0.717) is 6.04 Å². The fraction of sp³-hybridized carbons (Fsp3) is 0.444. The molecule has 0 aliphatic heterocycles. The highest BCUT2D eigenvalue weighted by Crippen LogP contribution is 2.28. The highest BCUT2D eigenvalue weighted by molar-refractivity contribution is 7.11. The summed E-state index contributed by atoms with van der Waals surface area (Å²) in [5.41, 5.74) is 4.58. The first-order chi connectivity index (χ1) is 9.80. The molecule has 2 aromatic rings. The molecule has 1 aromatic heterocycles. The molecule has 0 spiro atoms. The molecule has 1 N–H and O–H groups in total. The highest BCUT2D eigenvalue weighted by atomic mass is 32.1. The Morgan fingerprint density at radius 3 is 2.65 bits per heavy atom. The van der Waals surface area contributed by atoms with Gasteiger partial charge in [-0.2, -0.15) is 0 Å². The third kappa shape index (κ3) is 2.82. The number of fused-ring (bicyclic) bond motifs is 1. The van der Waals surface area contributed by atoms with Crippen molar-refractivity contribution in [2.45, 2.75) is 45.1 Å². The van der Waals surface area contributed by atoms with Crippen molar-refractivity contribution in [2.24, 2.45) is 0 Å². The molecular formula is C18H23NS. The Bertz CT molecular complexity index is 585. The molecular weight excluding hydrogens is 262 g/mol. The van der Waals surface area contributed by atoms with Crippen molar-refractivity contribution < 1.29 is 0 Å². The summed E-state index contributed by atoms with van der Waals surface area (Å²) in [5, 5.41) is 3.49. The van der Waals surface area contributed by atoms with E-state index in [1.165, 1.54) is 34.6 Å². The zero-order valence-corrected chi connectivity index (χ0v) is 13.2. The lowest BCUT2D eigenvalue weighted by Crippen LogP contribution is -2.18. The first kappa shape index (κ1) is 13.8. The third-order valence-corrected chi connectivity index (χ3v) is 5.60. The van der Waals surface area contributed by atoms with Gasteiger partial charge in [-0.1, -0.05) is 25.1 Å². The summed E-state index contributed by atoms with van der Waals surface area (Å²) in [6.07, 6.45) is 6.10. The van der Waals surface area contributed by atoms with Crippen LogP contribution in [0.1, 0.15) is 45.8 Å². The third-order valence-electron chi connectivity index (χ3n) is 4.34. The molecule has 1 atom stereocenters. The number of thiophene rings is 1. The topological polar surface area (TPSA) is 12.0 Å². The summed E-state index contributed by atoms with van der Waals surface area (Å²) >= 11 is 1.96. The van der Waals surface area contributed by atoms with Gasteiger partial charge in [-0.3, -0.25) is 0 Å². The molecule has 1 unspecified atom stereocenters. The molecule has 0 saturated heterocycles. The fourth-order valence-electron chi connectivity index (χ4n) is 3.12. The van der Waals surface area contributed by atoms with E-state index < -0.39 is 0 Å². The van der Waals surface area contributed by atoms with E-state index in [1.807, 2.05) is 11.3 Å². The van der Waals surface area contributed by atoms with Gasteiger partial charge in [0.25, 0.3) is 0 Å². The summed E-state index contributed by atoms with van der Waals surface area (Å²) in [5.74, 6) is 0. The van der Waals surface area contributed by atoms with Crippen molar-refractivity contribution in [1.82, 2.24) is 5.32 Å². The van der Waals surface area contributed by atoms with E-state index >= 15 is 0 Å². The van der Waals surface area contributed by atoms with Crippen LogP contribution in [0.3, 0.4) is 0 Å². The van der Waals surface area contributed by atoms with Gasteiger partial charge in [-0.15, -0.1) is 11.3 Å². The molecule has 1 heterocycles. The molecule has 0 amide bonds. The van der Waals surface area contributed by atoms with Gasteiger partial charge < -0.3 is 5.32 Å². The first-order valence-electron chi connectivity index (χ1n) is 7.66. The van der Waals surface area contributed by atoms with E-state index in [0.717, 1.165) is 12.8 Å². The van der Waals surface area contributed by atoms with Crippen LogP contribution < -0.4 is 5.32 Å². The van der Waals surface area contributed by atoms with Crippen LogP contribution >= 0.6 is 11.3 Å². The molecule has 0 saturated carbocycles. The Hall–Kier alpha value is -1.12. The van der Waals surface area contributed by atoms with Gasteiger partial charge in [0.05, 0.1) is 0 Å². The SMILES string of the molecule is CCc1ccc(CC(NC)c2ccc3c(c2)CCC3)s1. The Kier molecular flexibility index (Phi) is 4.23. The number of hydrogen-bond donors (Lipinski definition) is 1. The minimum Gasteiger partial charge on any atom is -0.313 e. The van der Waals surface area contributed by atoms with Gasteiger partial charge in [0.15, 0.2) is 0 Å². The van der Waals surface area contributed by atoms with E-state index in [1.54, 1.807) is 11.1 Å². The summed E-state index contributed by atoms with van der Waals surface area (Å²) in [7, 11) is 2.08. The Balaban J connectivity index is 1.79. The number of aryl methyl sites for hydroxylation is 3. The number of nitrogens with one attached hydrogen (secondary N) is 1. The standard InChI is InChI=1S/C18H23NS/c1-3-16-9-10-17(20-16)12-18(19-2)15-8-7-13-5-4-6-14(13)11-15/h7-11,18-19H,3-6,12H2,1-2H3. The van der Waals surface area contributed by atoms with Crippen molar-refractivity contribution in [3.8, 4) is 0 Å². The molecule has 1 nitrogen and oxygen atoms in total. The second kappa shape index (κ2) is 6.11. The average molecular weight is 285 g/mol. The van der Waals surface area contributed by atoms with Gasteiger partial charge in [0.1, 0.15) is 0 Å². The van der Waals surface area contributed by atoms with Crippen LogP contribution in [-0.2, 0) is 25.7 Å². The first-order valence-corrected chi connectivity index (χ1v) is 8.48. The number of rotatable bonds is 5. The van der Waals surface area contributed by atoms with Crippen LogP contribution in [-0.4, -0.2) is 7.05 Å². The zero-order chi connectivity index (χ0) is 13.9. The maximum atomic E-state index is 3.49. The predicted molar refractivity (Wildman–Crippen MR) is 87.7 cm³/mol. The van der Waals surface area contributed by atoms with Gasteiger partial charge in [-0.25, -0.2) is 0 Å². The molecule has 0 fully saturated rings. The van der Waals surface area contributed by atoms with Crippen LogP contribution in [0.5, 0.6) is 0 Å². The minimum absolute atomic E-state index is 0.434. The van der Waals surface area contributed by atoms with Gasteiger partial charge in [0.2, 0.25) is 0 Å². The second-order valence-corrected chi connectivity index (χ2v) is 6.90. The molecule has 106 valence electrons. The lowest BCUT2D eigenvalue weighted by Gasteiger charge is -2.17. The second-order valence-electron chi connectivity index (χ2n) is 5.65. The molecule has 20 heavy (non-hydrogen) atoms. The van der Waals surface area contributed by atoms with Crippen LogP contribution in [0.15, 0.2) is 30.3 Å². The van der Waals surface area contributed by atoms with E-state index in [2.05, 4.69) is 49.6 Å². The summed E-state index contributed by atoms with van der Waals surface area (Å²) < 4.78 is 0. The molecule has 1 aliphatic carbocycles. The van der Waals surface area contributed by atoms with Crippen LogP contribution in [0, 0.1) is 0 Å². The lowest BCUT2D eigenvalue weighted by molar-refractivity contribution is 0.596. The normalized spacial score (nSPS) is 15.3. The number of hydrogen-bond acceptors (Lipinski definition) is 2. The maximum absolute atomic E-state index is 3.49. The number of likely N-dealkylation sites (N-methyl/N-ethyl adjacent to an activating group) is 1. The minimum atomic E-state index is 0.434. The Labute approximate surface area is 126 Å². The van der Waals surface area contributed by atoms with Crippen molar-refractivity contribution in [3.05, 3.63) is 56.8 Å². The van der Waals surface area contributed by atoms with Crippen molar-refractivity contribution in [3.63, 3.8) is 0 Å². The average Bonchev–Trinajstić information content (AvgIpc) is 3.12. The maximum Gasteiger partial charge on any atom is 0.0366 e. The van der Waals surface area contributed by atoms with Crippen molar-refractivity contribution >= 4 is 11.3 Å². The molecule has 1 aromatic carbocycles. The summed E-state index contributed by atoms with van der Waals surface area (Å²) in [4.78, 5) is 2.98. The van der Waals surface area contributed by atoms with E-state index in [-0.39, 0.29) is 0 Å². The van der Waals surface area contributed by atoms with Crippen molar-refractivity contribution in [2.75, 3.05) is 7.05 Å². The monoisotopic (exact) mass is 285 g/mol. The van der Waals surface area contributed by atoms with Gasteiger partial charge in [-0.05, 0) is 61.6 Å². The smallest absolute Gasteiger partial charge is 0.0366 e. The lowest BCUT2D eigenvalue weighted by atomic mass is 9.98. The molecule has 0 radical (unpaired) electrons. The van der Waals surface area contributed by atoms with Gasteiger partial charge in [0, 0.05) is 22.2 Å². The molecule has 3 rings (SSSR count). The molecule has 2 heteroatoms. The van der Waals surface area contributed by atoms with Crippen LogP contribution in [0.25, 0.3) is 0 Å².